The van der Waals surface area contributed by atoms with Gasteiger partial charge in [-0.1, -0.05) is 239 Å². The van der Waals surface area contributed by atoms with E-state index in [1.54, 1.807) is 0 Å². The highest BCUT2D eigenvalue weighted by atomic mass is 31.2. The van der Waals surface area contributed by atoms with Gasteiger partial charge >= 0.3 is 13.8 Å². The van der Waals surface area contributed by atoms with Crippen molar-refractivity contribution in [2.75, 3.05) is 26.4 Å². The molecule has 0 aromatic heterocycles. The summed E-state index contributed by atoms with van der Waals surface area (Å²) in [5, 5.41) is 61.7. The smallest absolute Gasteiger partial charge is 0.462 e. The molecule has 2 amide bonds. The fourth-order valence-corrected chi connectivity index (χ4v) is 12.2. The van der Waals surface area contributed by atoms with Crippen LogP contribution in [0.25, 0.3) is 0 Å². The Morgan fingerprint density at radius 3 is 1.40 bits per heavy atom. The molecule has 0 aromatic carbocycles. The molecule has 0 radical (unpaired) electrons. The number of amides is 2. The second kappa shape index (κ2) is 51.7. The normalized spacial score (nSPS) is 23.3. The number of hydrogen-bond donors (Lipinski definition) is 10. The zero-order chi connectivity index (χ0) is 63.1. The van der Waals surface area contributed by atoms with Gasteiger partial charge in [0.05, 0.1) is 32.2 Å². The Hall–Kier alpha value is -1.88. The third-order valence-corrected chi connectivity index (χ3v) is 17.4. The predicted octanol–water partition coefficient (Wildman–Crippen LogP) is 11.1. The Labute approximate surface area is 519 Å². The minimum absolute atomic E-state index is 0.190. The summed E-state index contributed by atoms with van der Waals surface area (Å²) in [5.74, 6) is -1.69. The molecule has 508 valence electrons. The number of unbranched alkanes of at least 4 members (excludes halogenated alkanes) is 34. The van der Waals surface area contributed by atoms with Crippen LogP contribution in [-0.2, 0) is 47.2 Å². The molecule has 2 rings (SSSR count). The summed E-state index contributed by atoms with van der Waals surface area (Å²) < 4.78 is 47.7. The topological polar surface area (TPSA) is 315 Å². The molecule has 21 heteroatoms. The number of phosphoric acid groups is 1. The number of esters is 1. The van der Waals surface area contributed by atoms with Gasteiger partial charge in [-0.3, -0.25) is 18.9 Å². The summed E-state index contributed by atoms with van der Waals surface area (Å²) >= 11 is 0. The van der Waals surface area contributed by atoms with Crippen molar-refractivity contribution in [2.45, 2.75) is 370 Å². The van der Waals surface area contributed by atoms with Crippen LogP contribution in [0.1, 0.15) is 297 Å². The minimum atomic E-state index is -5.32. The molecule has 2 heterocycles. The average molecular weight is 1250 g/mol. The van der Waals surface area contributed by atoms with Gasteiger partial charge in [-0.05, 0) is 45.1 Å². The zero-order valence-electron chi connectivity index (χ0n) is 53.9. The molecule has 0 saturated carbocycles. The first-order valence-electron chi connectivity index (χ1n) is 34.7. The Kier molecular flexibility index (Phi) is 48.2. The van der Waals surface area contributed by atoms with E-state index in [1.165, 1.54) is 122 Å². The quantitative estimate of drug-likeness (QED) is 0.0154. The molecule has 12 atom stereocenters. The minimum Gasteiger partial charge on any atom is -0.462 e. The van der Waals surface area contributed by atoms with Crippen molar-refractivity contribution >= 4 is 25.6 Å². The SMILES string of the molecule is CCCCCCCCCCCC(=O)O[C@H](CCCCCCCCCCC)CC(=O)N[C@H]1[C@H](OC[C@H]2O[C@H](OCCCCCCCCCCCCCN)[C@H](NC(=O)C[C@H](O)CCCCCCCCCCC)[C@@H](O)[C@@H]2O)O[C@H](CO)[C@@H](OP(=O)(O)O)[C@@H]1O. The number of hydrogen-bond acceptors (Lipinski definition) is 16. The van der Waals surface area contributed by atoms with Crippen LogP contribution in [-0.4, -0.2) is 153 Å². The van der Waals surface area contributed by atoms with E-state index in [4.69, 9.17) is 33.9 Å². The number of aliphatic hydroxyl groups excluding tert-OH is 5. The lowest BCUT2D eigenvalue weighted by Gasteiger charge is -2.45. The molecule has 0 unspecified atom stereocenters. The largest absolute Gasteiger partial charge is 0.470 e. The third-order valence-electron chi connectivity index (χ3n) is 16.9. The van der Waals surface area contributed by atoms with Crippen LogP contribution in [0.15, 0.2) is 0 Å². The van der Waals surface area contributed by atoms with Crippen LogP contribution >= 0.6 is 7.82 Å². The van der Waals surface area contributed by atoms with Gasteiger partial charge in [0.15, 0.2) is 12.6 Å². The highest BCUT2D eigenvalue weighted by molar-refractivity contribution is 7.46. The van der Waals surface area contributed by atoms with E-state index in [0.29, 0.717) is 32.1 Å². The summed E-state index contributed by atoms with van der Waals surface area (Å²) in [6.07, 6.45) is 26.6. The number of carbonyl (C=O) groups excluding carboxylic acids is 3. The van der Waals surface area contributed by atoms with Crippen molar-refractivity contribution in [1.82, 2.24) is 10.6 Å². The van der Waals surface area contributed by atoms with E-state index in [9.17, 15) is 54.3 Å². The molecule has 2 aliphatic heterocycles. The van der Waals surface area contributed by atoms with Crippen LogP contribution in [0.2, 0.25) is 0 Å². The van der Waals surface area contributed by atoms with Crippen molar-refractivity contribution < 1.29 is 82.5 Å². The maximum absolute atomic E-state index is 14.1. The van der Waals surface area contributed by atoms with E-state index in [0.717, 1.165) is 109 Å². The zero-order valence-corrected chi connectivity index (χ0v) is 54.8. The number of phosphoric ester groups is 1. The first kappa shape index (κ1) is 80.2. The maximum Gasteiger partial charge on any atom is 0.470 e. The molecule has 2 saturated heterocycles. The predicted molar refractivity (Wildman–Crippen MR) is 336 cm³/mol. The first-order valence-corrected chi connectivity index (χ1v) is 36.2. The lowest BCUT2D eigenvalue weighted by atomic mass is 9.95. The molecular weight excluding hydrogens is 1130 g/mol. The maximum atomic E-state index is 14.1. The van der Waals surface area contributed by atoms with Gasteiger partial charge in [-0.2, -0.15) is 0 Å². The monoisotopic (exact) mass is 1250 g/mol. The number of carbonyl (C=O) groups is 3. The van der Waals surface area contributed by atoms with Crippen LogP contribution in [0, 0.1) is 0 Å². The van der Waals surface area contributed by atoms with Gasteiger partial charge in [0.2, 0.25) is 11.8 Å². The standard InChI is InChI=1S/C65H126N3O17P/c1-4-7-10-13-16-22-27-32-37-42-51(70)47-55(71)67-58-61(75)60(74)54(84-64(58)80-46-41-36-31-26-21-19-20-25-30-35-40-45-66)50-81-65-59(62(76)63(53(49-69)83-65)85-86(77,78)79)68-56(72)48-52(43-38-33-28-23-17-14-11-8-5-2)82-57(73)44-39-34-29-24-18-15-12-9-6-3/h51-54,58-65,69-70,74-76H,4-50,66H2,1-3H3,(H,67,71)(H,68,72)(H2,77,78,79)/t51-,52-,53-,54-,58-,59-,60-,61-,62-,63-,64+,65-/m1/s1. The van der Waals surface area contributed by atoms with Crippen LogP contribution < -0.4 is 16.4 Å². The molecule has 86 heavy (non-hydrogen) atoms. The molecule has 2 fully saturated rings. The fourth-order valence-electron chi connectivity index (χ4n) is 11.7. The Bertz CT molecular complexity index is 1700. The van der Waals surface area contributed by atoms with Gasteiger partial charge < -0.3 is 75.4 Å². The van der Waals surface area contributed by atoms with Crippen molar-refractivity contribution in [3.8, 4) is 0 Å². The molecule has 0 spiro atoms. The molecule has 0 bridgehead atoms. The summed E-state index contributed by atoms with van der Waals surface area (Å²) in [6.45, 7) is 6.02. The van der Waals surface area contributed by atoms with E-state index in [2.05, 4.69) is 31.4 Å². The second-order valence-corrected chi connectivity index (χ2v) is 26.0. The number of aliphatic hydroxyl groups is 5. The van der Waals surface area contributed by atoms with Crippen LogP contribution in [0.3, 0.4) is 0 Å². The van der Waals surface area contributed by atoms with Crippen molar-refractivity contribution in [1.29, 1.82) is 0 Å². The Morgan fingerprint density at radius 2 is 0.919 bits per heavy atom. The Balaban J connectivity index is 2.24. The fraction of sp³-hybridized carbons (Fsp3) is 0.954. The van der Waals surface area contributed by atoms with Gasteiger partial charge in [0.1, 0.15) is 54.8 Å². The summed E-state index contributed by atoms with van der Waals surface area (Å²) in [5.41, 5.74) is 5.62. The Morgan fingerprint density at radius 1 is 0.512 bits per heavy atom. The number of rotatable bonds is 57. The molecule has 20 nitrogen and oxygen atoms in total. The van der Waals surface area contributed by atoms with Gasteiger partial charge in [-0.15, -0.1) is 0 Å². The average Bonchev–Trinajstić information content (AvgIpc) is 1.65. The van der Waals surface area contributed by atoms with E-state index in [1.807, 2.05) is 0 Å². The lowest BCUT2D eigenvalue weighted by molar-refractivity contribution is -0.302. The summed E-state index contributed by atoms with van der Waals surface area (Å²) in [6, 6.07) is -2.87. The van der Waals surface area contributed by atoms with Crippen LogP contribution in [0.5, 0.6) is 0 Å². The van der Waals surface area contributed by atoms with Crippen LogP contribution in [0.4, 0.5) is 0 Å². The highest BCUT2D eigenvalue weighted by Gasteiger charge is 2.51. The number of nitrogens with two attached hydrogens (primary N) is 1. The van der Waals surface area contributed by atoms with Crippen molar-refractivity contribution in [3.05, 3.63) is 0 Å². The number of nitrogens with one attached hydrogen (secondary N) is 2. The van der Waals surface area contributed by atoms with Gasteiger partial charge in [-0.25, -0.2) is 4.57 Å². The van der Waals surface area contributed by atoms with Crippen molar-refractivity contribution in [2.24, 2.45) is 5.73 Å². The first-order chi connectivity index (χ1) is 41.6. The molecular formula is C65H126N3O17P. The molecule has 0 aromatic rings. The summed E-state index contributed by atoms with van der Waals surface area (Å²) in [7, 11) is -5.32. The van der Waals surface area contributed by atoms with E-state index < -0.39 is 112 Å². The molecule has 11 N–H and O–H groups in total. The van der Waals surface area contributed by atoms with Gasteiger partial charge in [0.25, 0.3) is 0 Å². The molecule has 2 aliphatic rings. The second-order valence-electron chi connectivity index (χ2n) is 24.9. The number of ether oxygens (including phenoxy) is 5. The molecule has 0 aliphatic carbocycles. The van der Waals surface area contributed by atoms with E-state index in [-0.39, 0.29) is 25.9 Å². The third kappa shape index (κ3) is 38.7. The summed E-state index contributed by atoms with van der Waals surface area (Å²) in [4.78, 5) is 60.6. The van der Waals surface area contributed by atoms with Crippen molar-refractivity contribution in [3.63, 3.8) is 0 Å². The highest BCUT2D eigenvalue weighted by Crippen LogP contribution is 2.42. The van der Waals surface area contributed by atoms with E-state index >= 15 is 0 Å². The lowest BCUT2D eigenvalue weighted by Crippen LogP contribution is -2.67. The van der Waals surface area contributed by atoms with Gasteiger partial charge in [0, 0.05) is 13.0 Å².